The summed E-state index contributed by atoms with van der Waals surface area (Å²) >= 11 is 0. The minimum Gasteiger partial charge on any atom is -0.311 e. The summed E-state index contributed by atoms with van der Waals surface area (Å²) < 4.78 is 0. The Morgan fingerprint density at radius 3 is 2.60 bits per heavy atom. The highest BCUT2D eigenvalue weighted by atomic mass is 15.1. The summed E-state index contributed by atoms with van der Waals surface area (Å²) in [5.74, 6) is 2.85. The van der Waals surface area contributed by atoms with E-state index in [0.717, 1.165) is 17.8 Å². The number of hydrogen-bond donors (Lipinski definition) is 1. The van der Waals surface area contributed by atoms with Crippen LogP contribution in [0.1, 0.15) is 27.2 Å². The molecule has 1 N–H and O–H groups in total. The summed E-state index contributed by atoms with van der Waals surface area (Å²) in [5, 5.41) is 3.61. The standard InChI is InChI=1S/C9H17N/c1-6-4-5-10-9(3)7(2)8(6)9/h6-8,10H,4-5H2,1-3H3. The van der Waals surface area contributed by atoms with Crippen LogP contribution in [0.15, 0.2) is 0 Å². The van der Waals surface area contributed by atoms with E-state index >= 15 is 0 Å². The van der Waals surface area contributed by atoms with Crippen molar-refractivity contribution in [2.45, 2.75) is 32.7 Å². The smallest absolute Gasteiger partial charge is 0.0216 e. The van der Waals surface area contributed by atoms with E-state index in [0.29, 0.717) is 5.54 Å². The van der Waals surface area contributed by atoms with Gasteiger partial charge in [-0.05, 0) is 37.6 Å². The molecule has 4 unspecified atom stereocenters. The van der Waals surface area contributed by atoms with Crippen LogP contribution in [0, 0.1) is 17.8 Å². The Morgan fingerprint density at radius 2 is 2.10 bits per heavy atom. The minimum absolute atomic E-state index is 0.525. The van der Waals surface area contributed by atoms with E-state index in [9.17, 15) is 0 Å². The average molecular weight is 139 g/mol. The highest BCUT2D eigenvalue weighted by molar-refractivity contribution is 5.16. The van der Waals surface area contributed by atoms with Crippen molar-refractivity contribution in [1.82, 2.24) is 5.32 Å². The average Bonchev–Trinajstić information content (AvgIpc) is 2.38. The van der Waals surface area contributed by atoms with E-state index in [1.54, 1.807) is 0 Å². The molecule has 0 bridgehead atoms. The van der Waals surface area contributed by atoms with Gasteiger partial charge >= 0.3 is 0 Å². The second kappa shape index (κ2) is 1.76. The fourth-order valence-corrected chi connectivity index (χ4v) is 2.88. The minimum atomic E-state index is 0.525. The van der Waals surface area contributed by atoms with E-state index < -0.39 is 0 Å². The number of hydrogen-bond acceptors (Lipinski definition) is 1. The van der Waals surface area contributed by atoms with E-state index in [1.807, 2.05) is 0 Å². The molecule has 0 aromatic heterocycles. The van der Waals surface area contributed by atoms with Gasteiger partial charge in [0.2, 0.25) is 0 Å². The van der Waals surface area contributed by atoms with Crippen LogP contribution in [0.3, 0.4) is 0 Å². The van der Waals surface area contributed by atoms with Gasteiger partial charge in [0.05, 0.1) is 0 Å². The molecule has 0 aromatic rings. The molecule has 1 aliphatic carbocycles. The zero-order valence-electron chi connectivity index (χ0n) is 7.15. The molecular formula is C9H17N. The first kappa shape index (κ1) is 6.66. The molecule has 0 aromatic carbocycles. The normalized spacial score (nSPS) is 59.7. The van der Waals surface area contributed by atoms with Gasteiger partial charge in [-0.25, -0.2) is 0 Å². The maximum absolute atomic E-state index is 3.61. The van der Waals surface area contributed by atoms with Gasteiger partial charge in [-0.15, -0.1) is 0 Å². The molecule has 4 atom stereocenters. The molecule has 1 aliphatic heterocycles. The third kappa shape index (κ3) is 0.619. The monoisotopic (exact) mass is 139 g/mol. The summed E-state index contributed by atoms with van der Waals surface area (Å²) in [4.78, 5) is 0. The summed E-state index contributed by atoms with van der Waals surface area (Å²) in [6.45, 7) is 8.38. The summed E-state index contributed by atoms with van der Waals surface area (Å²) in [7, 11) is 0. The summed E-state index contributed by atoms with van der Waals surface area (Å²) in [5.41, 5.74) is 0.525. The fourth-order valence-electron chi connectivity index (χ4n) is 2.88. The van der Waals surface area contributed by atoms with Crippen LogP contribution in [0.2, 0.25) is 0 Å². The zero-order valence-corrected chi connectivity index (χ0v) is 7.15. The third-order valence-corrected chi connectivity index (χ3v) is 3.79. The molecule has 2 rings (SSSR count). The lowest BCUT2D eigenvalue weighted by Crippen LogP contribution is -2.38. The Hall–Kier alpha value is -0.0400. The molecule has 2 fully saturated rings. The van der Waals surface area contributed by atoms with Crippen LogP contribution in [0.4, 0.5) is 0 Å². The second-order valence-corrected chi connectivity index (χ2v) is 4.29. The Balaban J connectivity index is 2.13. The largest absolute Gasteiger partial charge is 0.311 e. The SMILES string of the molecule is CC1CCNC2(C)C(C)C12. The predicted molar refractivity (Wildman–Crippen MR) is 42.8 cm³/mol. The maximum atomic E-state index is 3.61. The van der Waals surface area contributed by atoms with Crippen molar-refractivity contribution in [3.63, 3.8) is 0 Å². The van der Waals surface area contributed by atoms with Crippen molar-refractivity contribution < 1.29 is 0 Å². The lowest BCUT2D eigenvalue weighted by Gasteiger charge is -2.24. The van der Waals surface area contributed by atoms with Crippen molar-refractivity contribution in [2.24, 2.45) is 17.8 Å². The van der Waals surface area contributed by atoms with E-state index in [2.05, 4.69) is 26.1 Å². The molecule has 0 amide bonds. The number of rotatable bonds is 0. The van der Waals surface area contributed by atoms with Crippen molar-refractivity contribution in [2.75, 3.05) is 6.54 Å². The van der Waals surface area contributed by atoms with Crippen LogP contribution in [-0.4, -0.2) is 12.1 Å². The molecule has 0 spiro atoms. The van der Waals surface area contributed by atoms with Crippen molar-refractivity contribution in [3.05, 3.63) is 0 Å². The van der Waals surface area contributed by atoms with Crippen molar-refractivity contribution >= 4 is 0 Å². The number of piperidine rings is 1. The summed E-state index contributed by atoms with van der Waals surface area (Å²) in [6.07, 6.45) is 1.38. The molecule has 1 saturated heterocycles. The molecule has 1 heteroatoms. The third-order valence-electron chi connectivity index (χ3n) is 3.79. The molecule has 1 nitrogen and oxygen atoms in total. The quantitative estimate of drug-likeness (QED) is 0.538. The lowest BCUT2D eigenvalue weighted by atomic mass is 9.95. The van der Waals surface area contributed by atoms with Gasteiger partial charge in [0.25, 0.3) is 0 Å². The molecule has 1 heterocycles. The predicted octanol–water partition coefficient (Wildman–Crippen LogP) is 1.64. The van der Waals surface area contributed by atoms with Crippen LogP contribution < -0.4 is 5.32 Å². The summed E-state index contributed by atoms with van der Waals surface area (Å²) in [6, 6.07) is 0. The lowest BCUT2D eigenvalue weighted by molar-refractivity contribution is 0.324. The molecular weight excluding hydrogens is 122 g/mol. The number of nitrogens with one attached hydrogen (secondary N) is 1. The topological polar surface area (TPSA) is 12.0 Å². The number of fused-ring (bicyclic) bond motifs is 1. The molecule has 0 radical (unpaired) electrons. The van der Waals surface area contributed by atoms with Gasteiger partial charge in [-0.2, -0.15) is 0 Å². The van der Waals surface area contributed by atoms with Crippen molar-refractivity contribution in [3.8, 4) is 0 Å². The first-order chi connectivity index (χ1) is 4.66. The Labute approximate surface area is 63.2 Å². The molecule has 10 heavy (non-hydrogen) atoms. The van der Waals surface area contributed by atoms with Crippen LogP contribution in [0.25, 0.3) is 0 Å². The molecule has 1 saturated carbocycles. The Morgan fingerprint density at radius 1 is 1.40 bits per heavy atom. The van der Waals surface area contributed by atoms with Crippen LogP contribution in [0.5, 0.6) is 0 Å². The Kier molecular flexibility index (Phi) is 1.17. The Bertz CT molecular complexity index is 151. The van der Waals surface area contributed by atoms with Crippen LogP contribution >= 0.6 is 0 Å². The van der Waals surface area contributed by atoms with Gasteiger partial charge in [0.1, 0.15) is 0 Å². The van der Waals surface area contributed by atoms with Crippen molar-refractivity contribution in [1.29, 1.82) is 0 Å². The highest BCUT2D eigenvalue weighted by Crippen LogP contribution is 2.56. The van der Waals surface area contributed by atoms with Gasteiger partial charge in [-0.3, -0.25) is 0 Å². The first-order valence-electron chi connectivity index (χ1n) is 4.41. The second-order valence-electron chi connectivity index (χ2n) is 4.29. The first-order valence-corrected chi connectivity index (χ1v) is 4.41. The van der Waals surface area contributed by atoms with Crippen LogP contribution in [-0.2, 0) is 0 Å². The fraction of sp³-hybridized carbons (Fsp3) is 1.00. The maximum Gasteiger partial charge on any atom is 0.0216 e. The van der Waals surface area contributed by atoms with E-state index in [4.69, 9.17) is 0 Å². The van der Waals surface area contributed by atoms with Gasteiger partial charge < -0.3 is 5.32 Å². The van der Waals surface area contributed by atoms with Gasteiger partial charge in [0, 0.05) is 5.54 Å². The van der Waals surface area contributed by atoms with E-state index in [-0.39, 0.29) is 0 Å². The van der Waals surface area contributed by atoms with Gasteiger partial charge in [-0.1, -0.05) is 13.8 Å². The van der Waals surface area contributed by atoms with E-state index in [1.165, 1.54) is 13.0 Å². The highest BCUT2D eigenvalue weighted by Gasteiger charge is 2.61. The zero-order chi connectivity index (χ0) is 7.35. The molecule has 58 valence electrons. The molecule has 2 aliphatic rings. The van der Waals surface area contributed by atoms with Gasteiger partial charge in [0.15, 0.2) is 0 Å².